The molecule has 3 aromatic heterocycles. The minimum Gasteiger partial charge on any atom is -0.309 e. The molecule has 0 unspecified atom stereocenters. The van der Waals surface area contributed by atoms with Gasteiger partial charge in [-0.15, -0.1) is 10.2 Å². The van der Waals surface area contributed by atoms with E-state index in [2.05, 4.69) is 48.3 Å². The minimum absolute atomic E-state index is 0.746. The van der Waals surface area contributed by atoms with Crippen molar-refractivity contribution in [2.24, 2.45) is 7.05 Å². The summed E-state index contributed by atoms with van der Waals surface area (Å²) in [5.41, 5.74) is 3.31. The summed E-state index contributed by atoms with van der Waals surface area (Å²) >= 11 is 7.65. The predicted octanol–water partition coefficient (Wildman–Crippen LogP) is 6.01. The highest BCUT2D eigenvalue weighted by molar-refractivity contribution is 7.98. The van der Waals surface area contributed by atoms with Crippen molar-refractivity contribution in [3.05, 3.63) is 102 Å². The number of hydrogen-bond donors (Lipinski definition) is 0. The zero-order valence-electron chi connectivity index (χ0n) is 16.9. The Morgan fingerprint density at radius 3 is 2.32 bits per heavy atom. The molecule has 0 saturated carbocycles. The van der Waals surface area contributed by atoms with Crippen LogP contribution in [0.4, 0.5) is 0 Å². The van der Waals surface area contributed by atoms with Crippen LogP contribution in [-0.4, -0.2) is 23.9 Å². The number of para-hydroxylation sites is 1. The Hall–Kier alpha value is -3.22. The average Bonchev–Trinajstić information content (AvgIpc) is 3.54. The first-order valence-electron chi connectivity index (χ1n) is 9.88. The summed E-state index contributed by atoms with van der Waals surface area (Å²) in [6, 6.07) is 24.4. The molecule has 0 fully saturated rings. The van der Waals surface area contributed by atoms with Crippen LogP contribution in [-0.2, 0) is 12.8 Å². The van der Waals surface area contributed by atoms with Gasteiger partial charge in [0.25, 0.3) is 0 Å². The monoisotopic (exact) mass is 445 g/mol. The lowest BCUT2D eigenvalue weighted by atomic mass is 10.2. The van der Waals surface area contributed by atoms with Gasteiger partial charge in [-0.3, -0.25) is 0 Å². The first-order valence-corrected chi connectivity index (χ1v) is 11.2. The summed E-state index contributed by atoms with van der Waals surface area (Å²) in [5.74, 6) is 2.66. The molecule has 154 valence electrons. The van der Waals surface area contributed by atoms with Gasteiger partial charge in [-0.25, -0.2) is 0 Å². The molecule has 0 aliphatic rings. The van der Waals surface area contributed by atoms with Gasteiger partial charge in [-0.05, 0) is 48.0 Å². The molecule has 0 amide bonds. The molecule has 0 spiro atoms. The molecular weight excluding hydrogens is 426 g/mol. The second kappa shape index (κ2) is 8.49. The van der Waals surface area contributed by atoms with Crippen LogP contribution in [0.25, 0.3) is 22.9 Å². The second-order valence-electron chi connectivity index (χ2n) is 7.13. The number of aromatic nitrogens is 5. The van der Waals surface area contributed by atoms with E-state index < -0.39 is 0 Å². The van der Waals surface area contributed by atoms with Gasteiger partial charge in [0.1, 0.15) is 5.82 Å². The molecule has 0 N–H and O–H groups in total. The molecule has 5 rings (SSSR count). The minimum atomic E-state index is 0.746. The quantitative estimate of drug-likeness (QED) is 0.300. The number of thioether (sulfide) groups is 1. The highest BCUT2D eigenvalue weighted by atomic mass is 35.5. The second-order valence-corrected chi connectivity index (χ2v) is 8.51. The third-order valence-electron chi connectivity index (χ3n) is 5.10. The average molecular weight is 446 g/mol. The van der Waals surface area contributed by atoms with Crippen molar-refractivity contribution in [3.8, 4) is 22.9 Å². The first kappa shape index (κ1) is 19.7. The summed E-state index contributed by atoms with van der Waals surface area (Å²) in [4.78, 5) is 0. The van der Waals surface area contributed by atoms with E-state index in [1.807, 2.05) is 74.0 Å². The summed E-state index contributed by atoms with van der Waals surface area (Å²) < 4.78 is 6.33. The highest BCUT2D eigenvalue weighted by Gasteiger charge is 2.19. The number of hydrogen-bond acceptors (Lipinski definition) is 3. The molecule has 0 aliphatic carbocycles. The molecule has 7 heteroatoms. The Bertz CT molecular complexity index is 1290. The van der Waals surface area contributed by atoms with E-state index >= 15 is 0 Å². The lowest BCUT2D eigenvalue weighted by molar-refractivity contribution is 0.792. The maximum absolute atomic E-state index is 5.99. The molecule has 0 atom stereocenters. The summed E-state index contributed by atoms with van der Waals surface area (Å²) in [6.07, 6.45) is 6.17. The van der Waals surface area contributed by atoms with Crippen LogP contribution >= 0.6 is 23.4 Å². The third-order valence-corrected chi connectivity index (χ3v) is 6.44. The van der Waals surface area contributed by atoms with Crippen LogP contribution in [0, 0.1) is 0 Å². The van der Waals surface area contributed by atoms with Crippen LogP contribution in [0.1, 0.15) is 5.56 Å². The van der Waals surface area contributed by atoms with Gasteiger partial charge < -0.3 is 13.7 Å². The Balaban J connectivity index is 1.51. The van der Waals surface area contributed by atoms with E-state index in [0.29, 0.717) is 0 Å². The maximum Gasteiger partial charge on any atom is 0.191 e. The Kier molecular flexibility index (Phi) is 5.40. The normalized spacial score (nSPS) is 11.2. The van der Waals surface area contributed by atoms with Crippen LogP contribution in [0.2, 0.25) is 5.02 Å². The van der Waals surface area contributed by atoms with Gasteiger partial charge >= 0.3 is 0 Å². The van der Waals surface area contributed by atoms with Crippen LogP contribution < -0.4 is 0 Å². The van der Waals surface area contributed by atoms with E-state index in [1.165, 1.54) is 5.56 Å². The fraction of sp³-hybridized carbons (Fsp3) is 0.0833. The van der Waals surface area contributed by atoms with Crippen molar-refractivity contribution in [1.82, 2.24) is 23.9 Å². The standard InChI is InChI=1S/C24H20ClN5S/c1-28-22(26-27-24(28)31-17-18-9-11-19(25)12-10-18)21-13-16-30(20-7-3-2-4-8-20)23(21)29-14-5-6-15-29/h2-16H,17H2,1H3. The van der Waals surface area contributed by atoms with Crippen LogP contribution in [0.15, 0.2) is 96.5 Å². The molecule has 2 aromatic carbocycles. The number of halogens is 1. The first-order chi connectivity index (χ1) is 15.2. The largest absolute Gasteiger partial charge is 0.309 e. The van der Waals surface area contributed by atoms with Gasteiger partial charge in [0.2, 0.25) is 0 Å². The van der Waals surface area contributed by atoms with Gasteiger partial charge in [-0.2, -0.15) is 0 Å². The number of nitrogens with zero attached hydrogens (tertiary/aromatic N) is 5. The zero-order valence-corrected chi connectivity index (χ0v) is 18.5. The predicted molar refractivity (Wildman–Crippen MR) is 126 cm³/mol. The summed E-state index contributed by atoms with van der Waals surface area (Å²) in [6.45, 7) is 0. The van der Waals surface area contributed by atoms with Crippen LogP contribution in [0.5, 0.6) is 0 Å². The lowest BCUT2D eigenvalue weighted by Gasteiger charge is -2.13. The van der Waals surface area contributed by atoms with Gasteiger partial charge in [-0.1, -0.05) is 53.7 Å². The SMILES string of the molecule is Cn1c(SCc2ccc(Cl)cc2)nnc1-c1ccn(-c2ccccc2)c1-n1cccc1. The van der Waals surface area contributed by atoms with Crippen molar-refractivity contribution in [2.45, 2.75) is 10.9 Å². The Morgan fingerprint density at radius 1 is 0.839 bits per heavy atom. The number of rotatable bonds is 6. The lowest BCUT2D eigenvalue weighted by Crippen LogP contribution is -2.04. The molecule has 0 aliphatic heterocycles. The van der Waals surface area contributed by atoms with E-state index in [4.69, 9.17) is 11.6 Å². The fourth-order valence-corrected chi connectivity index (χ4v) is 4.53. The fourth-order valence-electron chi connectivity index (χ4n) is 3.54. The van der Waals surface area contributed by atoms with Gasteiger partial charge in [0.15, 0.2) is 11.0 Å². The van der Waals surface area contributed by atoms with E-state index in [0.717, 1.165) is 38.8 Å². The molecule has 3 heterocycles. The molecule has 31 heavy (non-hydrogen) atoms. The van der Waals surface area contributed by atoms with Crippen molar-refractivity contribution >= 4 is 23.4 Å². The molecular formula is C24H20ClN5S. The topological polar surface area (TPSA) is 40.6 Å². The molecule has 5 nitrogen and oxygen atoms in total. The summed E-state index contributed by atoms with van der Waals surface area (Å²) in [5, 5.41) is 10.6. The molecule has 0 radical (unpaired) electrons. The van der Waals surface area contributed by atoms with Crippen molar-refractivity contribution < 1.29 is 0 Å². The molecule has 0 saturated heterocycles. The summed E-state index contributed by atoms with van der Waals surface area (Å²) in [7, 11) is 2.01. The molecule has 0 bridgehead atoms. The van der Waals surface area contributed by atoms with Crippen molar-refractivity contribution in [3.63, 3.8) is 0 Å². The zero-order chi connectivity index (χ0) is 21.2. The maximum atomic E-state index is 5.99. The van der Waals surface area contributed by atoms with Crippen molar-refractivity contribution in [1.29, 1.82) is 0 Å². The van der Waals surface area contributed by atoms with E-state index in [1.54, 1.807) is 11.8 Å². The smallest absolute Gasteiger partial charge is 0.191 e. The van der Waals surface area contributed by atoms with E-state index in [-0.39, 0.29) is 0 Å². The molecule has 5 aromatic rings. The number of benzene rings is 2. The Labute approximate surface area is 189 Å². The van der Waals surface area contributed by atoms with E-state index in [9.17, 15) is 0 Å². The van der Waals surface area contributed by atoms with Crippen LogP contribution in [0.3, 0.4) is 0 Å². The Morgan fingerprint density at radius 2 is 1.58 bits per heavy atom. The van der Waals surface area contributed by atoms with Gasteiger partial charge in [0, 0.05) is 42.1 Å². The third kappa shape index (κ3) is 3.92. The van der Waals surface area contributed by atoms with Gasteiger partial charge in [0.05, 0.1) is 5.56 Å². The van der Waals surface area contributed by atoms with Crippen molar-refractivity contribution in [2.75, 3.05) is 0 Å². The highest BCUT2D eigenvalue weighted by Crippen LogP contribution is 2.32.